The van der Waals surface area contributed by atoms with Crippen LogP contribution in [0.25, 0.3) is 0 Å². The van der Waals surface area contributed by atoms with Gasteiger partial charge >= 0.3 is 0 Å². The molecule has 106 valence electrons. The summed E-state index contributed by atoms with van der Waals surface area (Å²) in [6.07, 6.45) is 2.97. The second-order valence-corrected chi connectivity index (χ2v) is 5.30. The molecule has 1 heterocycles. The van der Waals surface area contributed by atoms with Gasteiger partial charge in [0.15, 0.2) is 10.9 Å². The van der Waals surface area contributed by atoms with Crippen molar-refractivity contribution in [3.63, 3.8) is 0 Å². The summed E-state index contributed by atoms with van der Waals surface area (Å²) < 4.78 is 1.21. The minimum absolute atomic E-state index is 0.0864. The number of Topliss-reactive ketones (excluding diaryl/α,β-unsaturated/α-hetero) is 1. The van der Waals surface area contributed by atoms with Gasteiger partial charge in [0.1, 0.15) is 11.6 Å². The Bertz CT molecular complexity index is 778. The predicted octanol–water partition coefficient (Wildman–Crippen LogP) is 2.37. The van der Waals surface area contributed by atoms with Crippen LogP contribution in [0, 0.1) is 11.3 Å². The van der Waals surface area contributed by atoms with E-state index in [1.807, 2.05) is 0 Å². The molecule has 0 amide bonds. The predicted molar refractivity (Wildman–Crippen MR) is 80.8 cm³/mol. The molecule has 2 aromatic rings. The summed E-state index contributed by atoms with van der Waals surface area (Å²) in [4.78, 5) is 28.4. The van der Waals surface area contributed by atoms with Crippen molar-refractivity contribution in [1.82, 2.24) is 9.55 Å². The van der Waals surface area contributed by atoms with Crippen LogP contribution >= 0.6 is 23.4 Å². The largest absolute Gasteiger partial charge is 0.292 e. The lowest BCUT2D eigenvalue weighted by Gasteiger charge is -2.09. The number of ketones is 1. The SMILES string of the molecule is CSc1ncc(C#N)c(=O)n1CC(=O)c1ccc(Cl)cc1. The van der Waals surface area contributed by atoms with Crippen LogP contribution in [-0.2, 0) is 6.54 Å². The van der Waals surface area contributed by atoms with Crippen molar-refractivity contribution in [3.8, 4) is 6.07 Å². The van der Waals surface area contributed by atoms with Gasteiger partial charge in [-0.1, -0.05) is 23.4 Å². The molecule has 21 heavy (non-hydrogen) atoms. The minimum atomic E-state index is -0.515. The molecule has 1 aromatic carbocycles. The van der Waals surface area contributed by atoms with E-state index in [0.29, 0.717) is 15.7 Å². The van der Waals surface area contributed by atoms with E-state index in [-0.39, 0.29) is 17.9 Å². The molecule has 0 aliphatic carbocycles. The maximum absolute atomic E-state index is 12.2. The summed E-state index contributed by atoms with van der Waals surface area (Å²) in [7, 11) is 0. The summed E-state index contributed by atoms with van der Waals surface area (Å²) in [5.41, 5.74) is -0.156. The van der Waals surface area contributed by atoms with Gasteiger partial charge in [-0.15, -0.1) is 0 Å². The quantitative estimate of drug-likeness (QED) is 0.491. The lowest BCUT2D eigenvalue weighted by molar-refractivity contribution is 0.0967. The lowest BCUT2D eigenvalue weighted by atomic mass is 10.1. The third kappa shape index (κ3) is 3.32. The van der Waals surface area contributed by atoms with Gasteiger partial charge in [-0.05, 0) is 30.5 Å². The van der Waals surface area contributed by atoms with Gasteiger partial charge in [0.05, 0.1) is 12.7 Å². The number of halogens is 1. The molecule has 0 saturated carbocycles. The third-order valence-corrected chi connectivity index (χ3v) is 3.72. The second kappa shape index (κ2) is 6.57. The smallest absolute Gasteiger partial charge is 0.272 e. The number of carbonyl (C=O) groups is 1. The molecule has 0 spiro atoms. The average molecular weight is 320 g/mol. The van der Waals surface area contributed by atoms with Crippen molar-refractivity contribution in [2.45, 2.75) is 11.7 Å². The Morgan fingerprint density at radius 3 is 2.67 bits per heavy atom. The monoisotopic (exact) mass is 319 g/mol. The van der Waals surface area contributed by atoms with Crippen molar-refractivity contribution in [2.75, 3.05) is 6.26 Å². The molecule has 0 atom stereocenters. The molecular weight excluding hydrogens is 310 g/mol. The number of thioether (sulfide) groups is 1. The first-order chi connectivity index (χ1) is 10.1. The molecule has 0 bridgehead atoms. The Balaban J connectivity index is 2.39. The number of rotatable bonds is 4. The zero-order valence-electron chi connectivity index (χ0n) is 11.0. The van der Waals surface area contributed by atoms with E-state index in [0.717, 1.165) is 0 Å². The van der Waals surface area contributed by atoms with Gasteiger partial charge in [0.25, 0.3) is 5.56 Å². The van der Waals surface area contributed by atoms with Gasteiger partial charge in [0, 0.05) is 10.6 Å². The molecule has 5 nitrogen and oxygen atoms in total. The first-order valence-electron chi connectivity index (χ1n) is 5.89. The summed E-state index contributed by atoms with van der Waals surface area (Å²) in [5, 5.41) is 9.80. The highest BCUT2D eigenvalue weighted by Crippen LogP contribution is 2.13. The highest BCUT2D eigenvalue weighted by Gasteiger charge is 2.14. The molecular formula is C14H10ClN3O2S. The average Bonchev–Trinajstić information content (AvgIpc) is 2.49. The van der Waals surface area contributed by atoms with Gasteiger partial charge in [-0.3, -0.25) is 14.2 Å². The molecule has 0 N–H and O–H groups in total. The van der Waals surface area contributed by atoms with Crippen LogP contribution in [-0.4, -0.2) is 21.6 Å². The van der Waals surface area contributed by atoms with Crippen LogP contribution in [0.5, 0.6) is 0 Å². The molecule has 2 rings (SSSR count). The van der Waals surface area contributed by atoms with Crippen LogP contribution in [0.3, 0.4) is 0 Å². The van der Waals surface area contributed by atoms with Crippen molar-refractivity contribution >= 4 is 29.1 Å². The molecule has 7 heteroatoms. The van der Waals surface area contributed by atoms with E-state index in [4.69, 9.17) is 16.9 Å². The zero-order valence-corrected chi connectivity index (χ0v) is 12.6. The topological polar surface area (TPSA) is 75.8 Å². The fraction of sp³-hybridized carbons (Fsp3) is 0.143. The fourth-order valence-electron chi connectivity index (χ4n) is 1.73. The Kier molecular flexibility index (Phi) is 4.78. The standard InChI is InChI=1S/C14H10ClN3O2S/c1-21-14-17-7-10(6-16)13(20)18(14)8-12(19)9-2-4-11(15)5-3-9/h2-5,7H,8H2,1H3. The normalized spacial score (nSPS) is 10.1. The molecule has 0 saturated heterocycles. The minimum Gasteiger partial charge on any atom is -0.292 e. The van der Waals surface area contributed by atoms with Crippen LogP contribution in [0.2, 0.25) is 5.02 Å². The highest BCUT2D eigenvalue weighted by molar-refractivity contribution is 7.98. The number of benzene rings is 1. The van der Waals surface area contributed by atoms with Crippen LogP contribution in [0.1, 0.15) is 15.9 Å². The first kappa shape index (κ1) is 15.3. The van der Waals surface area contributed by atoms with Gasteiger partial charge < -0.3 is 0 Å². The van der Waals surface area contributed by atoms with Gasteiger partial charge in [-0.2, -0.15) is 5.26 Å². The Morgan fingerprint density at radius 2 is 2.10 bits per heavy atom. The lowest BCUT2D eigenvalue weighted by Crippen LogP contribution is -2.28. The maximum atomic E-state index is 12.2. The number of hydrogen-bond donors (Lipinski definition) is 0. The van der Waals surface area contributed by atoms with Gasteiger partial charge in [-0.25, -0.2) is 4.98 Å². The Hall–Kier alpha value is -2.10. The summed E-state index contributed by atoms with van der Waals surface area (Å²) in [5.74, 6) is -0.249. The number of carbonyl (C=O) groups excluding carboxylic acids is 1. The van der Waals surface area contributed by atoms with Crippen molar-refractivity contribution in [1.29, 1.82) is 5.26 Å². The second-order valence-electron chi connectivity index (χ2n) is 4.09. The number of nitrogens with zero attached hydrogens (tertiary/aromatic N) is 3. The molecule has 0 unspecified atom stereocenters. The molecule has 0 aliphatic heterocycles. The van der Waals surface area contributed by atoms with E-state index in [9.17, 15) is 9.59 Å². The fourth-order valence-corrected chi connectivity index (χ4v) is 2.38. The van der Waals surface area contributed by atoms with E-state index in [1.54, 1.807) is 36.6 Å². The summed E-state index contributed by atoms with van der Waals surface area (Å²) >= 11 is 7.01. The van der Waals surface area contributed by atoms with Crippen LogP contribution in [0.15, 0.2) is 40.4 Å². The maximum Gasteiger partial charge on any atom is 0.272 e. The van der Waals surface area contributed by atoms with E-state index in [2.05, 4.69) is 4.98 Å². The molecule has 1 aromatic heterocycles. The van der Waals surface area contributed by atoms with Crippen LogP contribution < -0.4 is 5.56 Å². The number of hydrogen-bond acceptors (Lipinski definition) is 5. The molecule has 0 fully saturated rings. The summed E-state index contributed by atoms with van der Waals surface area (Å²) in [6, 6.07) is 8.18. The van der Waals surface area contributed by atoms with Gasteiger partial charge in [0.2, 0.25) is 0 Å². The Labute approximate surface area is 130 Å². The first-order valence-corrected chi connectivity index (χ1v) is 7.49. The zero-order chi connectivity index (χ0) is 15.4. The highest BCUT2D eigenvalue weighted by atomic mass is 35.5. The third-order valence-electron chi connectivity index (χ3n) is 2.78. The van der Waals surface area contributed by atoms with Crippen LogP contribution in [0.4, 0.5) is 0 Å². The van der Waals surface area contributed by atoms with E-state index in [1.165, 1.54) is 22.5 Å². The van der Waals surface area contributed by atoms with Crippen molar-refractivity contribution < 1.29 is 4.79 Å². The summed E-state index contributed by atoms with van der Waals surface area (Å²) in [6.45, 7) is -0.168. The van der Waals surface area contributed by atoms with E-state index < -0.39 is 5.56 Å². The molecule has 0 radical (unpaired) electrons. The van der Waals surface area contributed by atoms with Crippen molar-refractivity contribution in [3.05, 3.63) is 57.0 Å². The Morgan fingerprint density at radius 1 is 1.43 bits per heavy atom. The number of aromatic nitrogens is 2. The van der Waals surface area contributed by atoms with E-state index >= 15 is 0 Å². The van der Waals surface area contributed by atoms with Crippen molar-refractivity contribution in [2.24, 2.45) is 0 Å². The molecule has 0 aliphatic rings. The number of nitriles is 1.